The fourth-order valence-corrected chi connectivity index (χ4v) is 3.54. The van der Waals surface area contributed by atoms with Crippen molar-refractivity contribution in [2.45, 2.75) is 24.7 Å². The Morgan fingerprint density at radius 2 is 2.20 bits per heavy atom. The van der Waals surface area contributed by atoms with Gasteiger partial charge in [0.1, 0.15) is 22.9 Å². The molecule has 2 aromatic heterocycles. The van der Waals surface area contributed by atoms with Gasteiger partial charge in [0, 0.05) is 11.4 Å². The third-order valence-corrected chi connectivity index (χ3v) is 5.01. The number of aromatic nitrogens is 2. The van der Waals surface area contributed by atoms with Crippen molar-refractivity contribution in [3.8, 4) is 5.75 Å². The van der Waals surface area contributed by atoms with Gasteiger partial charge in [-0.05, 0) is 30.3 Å². The van der Waals surface area contributed by atoms with Gasteiger partial charge in [-0.25, -0.2) is 4.68 Å². The number of methoxy groups -OCH3 is 1. The van der Waals surface area contributed by atoms with Gasteiger partial charge in [-0.1, -0.05) is 11.6 Å². The Labute approximate surface area is 173 Å². The number of carbonyl (C=O) groups excluding carboxylic acids is 1. The summed E-state index contributed by atoms with van der Waals surface area (Å²) >= 11 is 5.97. The fourth-order valence-electron chi connectivity index (χ4n) is 3.37. The van der Waals surface area contributed by atoms with Crippen LogP contribution in [0.2, 0.25) is 5.02 Å². The molecular formula is C19H16ClF3N4O3. The second kappa shape index (κ2) is 7.60. The first-order valence-corrected chi connectivity index (χ1v) is 9.24. The average Bonchev–Trinajstić information content (AvgIpc) is 3.36. The third-order valence-electron chi connectivity index (χ3n) is 4.78. The molecule has 1 aliphatic heterocycles. The highest BCUT2D eigenvalue weighted by Gasteiger charge is 2.47. The zero-order chi connectivity index (χ0) is 21.5. The van der Waals surface area contributed by atoms with E-state index in [2.05, 4.69) is 15.7 Å². The summed E-state index contributed by atoms with van der Waals surface area (Å²) in [5.41, 5.74) is 0.225. The minimum atomic E-state index is -4.56. The molecular weight excluding hydrogens is 425 g/mol. The second-order valence-electron chi connectivity index (χ2n) is 6.66. The molecule has 0 spiro atoms. The number of nitrogens with one attached hydrogen (secondary N) is 2. The largest absolute Gasteiger partial charge is 0.495 e. The zero-order valence-electron chi connectivity index (χ0n) is 15.5. The highest BCUT2D eigenvalue weighted by Crippen LogP contribution is 2.44. The number of amides is 1. The molecule has 4 rings (SSSR count). The molecule has 0 saturated carbocycles. The van der Waals surface area contributed by atoms with Crippen LogP contribution in [-0.2, 0) is 0 Å². The van der Waals surface area contributed by atoms with Crippen LogP contribution in [0.4, 0.5) is 24.7 Å². The molecule has 1 aliphatic rings. The number of benzene rings is 1. The number of ether oxygens (including phenoxy) is 1. The first kappa shape index (κ1) is 20.1. The van der Waals surface area contributed by atoms with Crippen molar-refractivity contribution in [2.24, 2.45) is 0 Å². The van der Waals surface area contributed by atoms with Crippen LogP contribution in [0, 0.1) is 0 Å². The lowest BCUT2D eigenvalue weighted by Crippen LogP contribution is -2.36. The maximum Gasteiger partial charge on any atom is 0.410 e. The van der Waals surface area contributed by atoms with Gasteiger partial charge in [0.05, 0.1) is 31.3 Å². The first-order chi connectivity index (χ1) is 14.3. The molecule has 3 heterocycles. The van der Waals surface area contributed by atoms with Gasteiger partial charge in [0.2, 0.25) is 0 Å². The number of anilines is 2. The molecule has 1 amide bonds. The lowest BCUT2D eigenvalue weighted by atomic mass is 10.0. The molecule has 2 atom stereocenters. The van der Waals surface area contributed by atoms with Crippen LogP contribution in [0.1, 0.15) is 34.6 Å². The smallest absolute Gasteiger partial charge is 0.410 e. The second-order valence-corrected chi connectivity index (χ2v) is 7.09. The van der Waals surface area contributed by atoms with Crippen molar-refractivity contribution in [1.82, 2.24) is 9.78 Å². The monoisotopic (exact) mass is 440 g/mol. The Morgan fingerprint density at radius 3 is 2.87 bits per heavy atom. The quantitative estimate of drug-likeness (QED) is 0.593. The summed E-state index contributed by atoms with van der Waals surface area (Å²) < 4.78 is 52.3. The summed E-state index contributed by atoms with van der Waals surface area (Å²) in [4.78, 5) is 12.9. The van der Waals surface area contributed by atoms with Crippen LogP contribution in [0.3, 0.4) is 0 Å². The number of alkyl halides is 3. The summed E-state index contributed by atoms with van der Waals surface area (Å²) in [6, 6.07) is 5.11. The van der Waals surface area contributed by atoms with E-state index in [1.54, 1.807) is 24.3 Å². The van der Waals surface area contributed by atoms with E-state index in [0.717, 1.165) is 10.9 Å². The van der Waals surface area contributed by atoms with E-state index in [1.807, 2.05) is 0 Å². The van der Waals surface area contributed by atoms with E-state index in [0.29, 0.717) is 16.5 Å². The van der Waals surface area contributed by atoms with Gasteiger partial charge in [-0.3, -0.25) is 4.79 Å². The highest BCUT2D eigenvalue weighted by atomic mass is 35.5. The van der Waals surface area contributed by atoms with Gasteiger partial charge in [-0.2, -0.15) is 18.3 Å². The Bertz CT molecular complexity index is 1070. The molecule has 0 saturated heterocycles. The van der Waals surface area contributed by atoms with E-state index >= 15 is 0 Å². The number of hydrogen-bond acceptors (Lipinski definition) is 5. The molecule has 0 radical (unpaired) electrons. The number of halogens is 4. The van der Waals surface area contributed by atoms with Gasteiger partial charge in [0.15, 0.2) is 6.04 Å². The molecule has 158 valence electrons. The molecule has 0 unspecified atom stereocenters. The molecule has 2 N–H and O–H groups in total. The minimum absolute atomic E-state index is 0.0523. The normalized spacial score (nSPS) is 18.4. The molecule has 1 aromatic carbocycles. The number of fused-ring (bicyclic) bond motifs is 1. The van der Waals surface area contributed by atoms with E-state index in [9.17, 15) is 18.0 Å². The predicted molar refractivity (Wildman–Crippen MR) is 103 cm³/mol. The molecule has 30 heavy (non-hydrogen) atoms. The average molecular weight is 441 g/mol. The van der Waals surface area contributed by atoms with Crippen molar-refractivity contribution < 1.29 is 27.1 Å². The Hall–Kier alpha value is -3.14. The van der Waals surface area contributed by atoms with Crippen LogP contribution in [0.25, 0.3) is 0 Å². The van der Waals surface area contributed by atoms with Crippen LogP contribution in [-0.4, -0.2) is 29.0 Å². The Morgan fingerprint density at radius 1 is 1.40 bits per heavy atom. The van der Waals surface area contributed by atoms with Crippen molar-refractivity contribution in [3.63, 3.8) is 0 Å². The van der Waals surface area contributed by atoms with Gasteiger partial charge >= 0.3 is 6.18 Å². The molecule has 0 bridgehead atoms. The molecule has 11 heteroatoms. The standard InChI is InChI=1S/C19H16ClF3N4O3/c1-29-14-5-4-10(20)7-12(14)26-18(28)11-9-24-27-16(19(21,22)23)8-13(25-17(11)27)15-3-2-6-30-15/h2-7,9,13,16,25H,8H2,1H3,(H,26,28)/t13-,16+/m0/s1. The SMILES string of the molecule is COc1ccc(Cl)cc1NC(=O)c1cnn2c1N[C@H](c1ccco1)C[C@@H]2C(F)(F)F. The van der Waals surface area contributed by atoms with Crippen LogP contribution in [0.15, 0.2) is 47.2 Å². The van der Waals surface area contributed by atoms with Gasteiger partial charge in [-0.15, -0.1) is 0 Å². The van der Waals surface area contributed by atoms with E-state index in [4.69, 9.17) is 20.8 Å². The van der Waals surface area contributed by atoms with Gasteiger partial charge < -0.3 is 19.8 Å². The lowest BCUT2D eigenvalue weighted by molar-refractivity contribution is -0.174. The van der Waals surface area contributed by atoms with Gasteiger partial charge in [0.25, 0.3) is 5.91 Å². The van der Waals surface area contributed by atoms with E-state index in [1.165, 1.54) is 19.4 Å². The summed E-state index contributed by atoms with van der Waals surface area (Å²) in [5, 5.41) is 9.74. The minimum Gasteiger partial charge on any atom is -0.495 e. The van der Waals surface area contributed by atoms with Crippen molar-refractivity contribution in [2.75, 3.05) is 17.7 Å². The lowest BCUT2D eigenvalue weighted by Gasteiger charge is -2.32. The van der Waals surface area contributed by atoms with E-state index in [-0.39, 0.29) is 23.5 Å². The topological polar surface area (TPSA) is 81.3 Å². The van der Waals surface area contributed by atoms with Crippen LogP contribution in [0.5, 0.6) is 5.75 Å². The number of carbonyl (C=O) groups is 1. The number of nitrogens with zero attached hydrogens (tertiary/aromatic N) is 2. The highest BCUT2D eigenvalue weighted by molar-refractivity contribution is 6.31. The third kappa shape index (κ3) is 3.70. The maximum atomic E-state index is 13.7. The van der Waals surface area contributed by atoms with Crippen LogP contribution >= 0.6 is 11.6 Å². The molecule has 0 fully saturated rings. The summed E-state index contributed by atoms with van der Waals surface area (Å²) in [5.74, 6) is -0.0308. The summed E-state index contributed by atoms with van der Waals surface area (Å²) in [7, 11) is 1.42. The van der Waals surface area contributed by atoms with Crippen molar-refractivity contribution in [3.05, 3.63) is 59.1 Å². The van der Waals surface area contributed by atoms with Crippen molar-refractivity contribution in [1.29, 1.82) is 0 Å². The van der Waals surface area contributed by atoms with Crippen LogP contribution < -0.4 is 15.4 Å². The number of furan rings is 1. The number of hydrogen-bond donors (Lipinski definition) is 2. The molecule has 0 aliphatic carbocycles. The fraction of sp³-hybridized carbons (Fsp3) is 0.263. The summed E-state index contributed by atoms with van der Waals surface area (Å²) in [6.45, 7) is 0. The zero-order valence-corrected chi connectivity index (χ0v) is 16.3. The summed E-state index contributed by atoms with van der Waals surface area (Å²) in [6.07, 6.45) is -2.41. The molecule has 7 nitrogen and oxygen atoms in total. The number of rotatable bonds is 4. The Kier molecular flexibility index (Phi) is 5.10. The molecule has 3 aromatic rings. The Balaban J connectivity index is 1.69. The first-order valence-electron chi connectivity index (χ1n) is 8.87. The predicted octanol–water partition coefficient (Wildman–Crippen LogP) is 5.05. The van der Waals surface area contributed by atoms with E-state index < -0.39 is 24.2 Å². The van der Waals surface area contributed by atoms with Crippen molar-refractivity contribution >= 4 is 29.0 Å². The maximum absolute atomic E-state index is 13.7.